The van der Waals surface area contributed by atoms with Crippen LogP contribution in [-0.2, 0) is 4.79 Å². The van der Waals surface area contributed by atoms with E-state index in [0.29, 0.717) is 6.54 Å². The van der Waals surface area contributed by atoms with Crippen molar-refractivity contribution in [2.45, 2.75) is 51.0 Å². The number of carbonyl (C=O) groups excluding carboxylic acids is 1. The Morgan fingerprint density at radius 3 is 2.56 bits per heavy atom. The molecule has 0 heterocycles. The van der Waals surface area contributed by atoms with Crippen molar-refractivity contribution >= 4 is 12.0 Å². The summed E-state index contributed by atoms with van der Waals surface area (Å²) in [5.41, 5.74) is -0.0496. The van der Waals surface area contributed by atoms with Crippen LogP contribution in [0.4, 0.5) is 4.79 Å². The molecule has 3 N–H and O–H groups in total. The van der Waals surface area contributed by atoms with Crippen molar-refractivity contribution in [2.75, 3.05) is 6.54 Å². The number of nitrogens with one attached hydrogen (secondary N) is 2. The molecule has 2 atom stereocenters. The quantitative estimate of drug-likeness (QED) is 0.715. The highest BCUT2D eigenvalue weighted by molar-refractivity contribution is 5.75. The van der Waals surface area contributed by atoms with Crippen molar-refractivity contribution < 1.29 is 14.7 Å². The van der Waals surface area contributed by atoms with Gasteiger partial charge in [0.1, 0.15) is 0 Å². The van der Waals surface area contributed by atoms with Crippen molar-refractivity contribution in [2.24, 2.45) is 11.8 Å². The summed E-state index contributed by atoms with van der Waals surface area (Å²) < 4.78 is 0. The van der Waals surface area contributed by atoms with Gasteiger partial charge in [-0.2, -0.15) is 0 Å². The molecule has 0 aromatic carbocycles. The van der Waals surface area contributed by atoms with E-state index in [2.05, 4.69) is 10.6 Å². The number of hydrogen-bond acceptors (Lipinski definition) is 2. The van der Waals surface area contributed by atoms with Crippen LogP contribution in [0.25, 0.3) is 0 Å². The number of hydrogen-bond donors (Lipinski definition) is 3. The monoisotopic (exact) mass is 254 g/mol. The molecule has 0 bridgehead atoms. The molecule has 0 radical (unpaired) electrons. The molecule has 2 saturated carbocycles. The largest absolute Gasteiger partial charge is 0.481 e. The summed E-state index contributed by atoms with van der Waals surface area (Å²) in [6, 6.07) is -0.159. The number of amides is 2. The van der Waals surface area contributed by atoms with Crippen LogP contribution in [-0.4, -0.2) is 29.2 Å². The second-order valence-corrected chi connectivity index (χ2v) is 5.88. The number of carboxylic acid groups (broad SMARTS) is 1. The van der Waals surface area contributed by atoms with E-state index in [1.807, 2.05) is 6.92 Å². The Morgan fingerprint density at radius 2 is 2.00 bits per heavy atom. The van der Waals surface area contributed by atoms with E-state index >= 15 is 0 Å². The van der Waals surface area contributed by atoms with Crippen LogP contribution in [0.1, 0.15) is 45.4 Å². The number of carbonyl (C=O) groups is 2. The van der Waals surface area contributed by atoms with E-state index < -0.39 is 5.97 Å². The zero-order valence-electron chi connectivity index (χ0n) is 10.9. The van der Waals surface area contributed by atoms with Gasteiger partial charge in [-0.15, -0.1) is 0 Å². The Bertz CT molecular complexity index is 339. The lowest BCUT2D eigenvalue weighted by Gasteiger charge is -2.39. The molecule has 2 unspecified atom stereocenters. The maximum absolute atomic E-state index is 11.7. The van der Waals surface area contributed by atoms with Crippen molar-refractivity contribution in [3.8, 4) is 0 Å². The first-order valence-corrected chi connectivity index (χ1v) is 6.79. The van der Waals surface area contributed by atoms with Gasteiger partial charge in [0.05, 0.1) is 5.92 Å². The van der Waals surface area contributed by atoms with Crippen LogP contribution in [0.2, 0.25) is 0 Å². The highest BCUT2D eigenvalue weighted by Gasteiger charge is 2.35. The molecule has 0 aliphatic heterocycles. The zero-order valence-corrected chi connectivity index (χ0v) is 10.9. The van der Waals surface area contributed by atoms with Gasteiger partial charge in [-0.3, -0.25) is 4.79 Å². The lowest BCUT2D eigenvalue weighted by molar-refractivity contribution is -0.142. The fourth-order valence-corrected chi connectivity index (χ4v) is 2.98. The summed E-state index contributed by atoms with van der Waals surface area (Å²) in [4.78, 5) is 22.7. The SMILES string of the molecule is CC1(NC(=O)NCC2CCCC2C(=O)O)CCC1. The van der Waals surface area contributed by atoms with Crippen LogP contribution in [0.15, 0.2) is 0 Å². The third-order valence-electron chi connectivity index (χ3n) is 4.37. The minimum absolute atomic E-state index is 0.0496. The van der Waals surface area contributed by atoms with Gasteiger partial charge in [0.25, 0.3) is 0 Å². The molecule has 2 amide bonds. The Kier molecular flexibility index (Phi) is 3.78. The Morgan fingerprint density at radius 1 is 1.28 bits per heavy atom. The Balaban J connectivity index is 1.73. The first-order chi connectivity index (χ1) is 8.50. The molecule has 5 nitrogen and oxygen atoms in total. The summed E-state index contributed by atoms with van der Waals surface area (Å²) in [5, 5.41) is 14.8. The van der Waals surface area contributed by atoms with Crippen LogP contribution in [0.3, 0.4) is 0 Å². The lowest BCUT2D eigenvalue weighted by Crippen LogP contribution is -2.54. The topological polar surface area (TPSA) is 78.4 Å². The molecule has 2 rings (SSSR count). The van der Waals surface area contributed by atoms with Gasteiger partial charge in [0, 0.05) is 12.1 Å². The average Bonchev–Trinajstić information content (AvgIpc) is 2.72. The lowest BCUT2D eigenvalue weighted by atomic mass is 9.79. The normalized spacial score (nSPS) is 29.4. The van der Waals surface area contributed by atoms with Crippen molar-refractivity contribution in [3.63, 3.8) is 0 Å². The van der Waals surface area contributed by atoms with Gasteiger partial charge in [-0.05, 0) is 44.9 Å². The maximum Gasteiger partial charge on any atom is 0.315 e. The summed E-state index contributed by atoms with van der Waals surface area (Å²) in [7, 11) is 0. The van der Waals surface area contributed by atoms with E-state index in [9.17, 15) is 9.59 Å². The molecule has 0 spiro atoms. The molecule has 0 aromatic rings. The number of aliphatic carboxylic acids is 1. The van der Waals surface area contributed by atoms with Gasteiger partial charge in [-0.25, -0.2) is 4.79 Å². The highest BCUT2D eigenvalue weighted by Crippen LogP contribution is 2.32. The predicted molar refractivity (Wildman–Crippen MR) is 67.3 cm³/mol. The van der Waals surface area contributed by atoms with Gasteiger partial charge < -0.3 is 15.7 Å². The predicted octanol–water partition coefficient (Wildman–Crippen LogP) is 1.73. The van der Waals surface area contributed by atoms with Gasteiger partial charge in [0.15, 0.2) is 0 Å². The van der Waals surface area contributed by atoms with E-state index in [-0.39, 0.29) is 23.4 Å². The van der Waals surface area contributed by atoms with Crippen LogP contribution in [0.5, 0.6) is 0 Å². The molecule has 102 valence electrons. The third-order valence-corrected chi connectivity index (χ3v) is 4.37. The smallest absolute Gasteiger partial charge is 0.315 e. The van der Waals surface area contributed by atoms with Gasteiger partial charge >= 0.3 is 12.0 Å². The second-order valence-electron chi connectivity index (χ2n) is 5.88. The summed E-state index contributed by atoms with van der Waals surface area (Å²) >= 11 is 0. The van der Waals surface area contributed by atoms with Gasteiger partial charge in [0.2, 0.25) is 0 Å². The molecule has 5 heteroatoms. The molecule has 2 fully saturated rings. The van der Waals surface area contributed by atoms with Crippen LogP contribution >= 0.6 is 0 Å². The van der Waals surface area contributed by atoms with E-state index in [4.69, 9.17) is 5.11 Å². The van der Waals surface area contributed by atoms with Gasteiger partial charge in [-0.1, -0.05) is 6.42 Å². The van der Waals surface area contributed by atoms with E-state index in [1.54, 1.807) is 0 Å². The van der Waals surface area contributed by atoms with E-state index in [1.165, 1.54) is 6.42 Å². The first kappa shape index (κ1) is 13.2. The van der Waals surface area contributed by atoms with Crippen molar-refractivity contribution in [3.05, 3.63) is 0 Å². The number of rotatable bonds is 4. The summed E-state index contributed by atoms with van der Waals surface area (Å²) in [5.74, 6) is -0.933. The summed E-state index contributed by atoms with van der Waals surface area (Å²) in [6.45, 7) is 2.52. The van der Waals surface area contributed by atoms with E-state index in [0.717, 1.165) is 32.1 Å². The third kappa shape index (κ3) is 2.94. The average molecular weight is 254 g/mol. The summed E-state index contributed by atoms with van der Waals surface area (Å²) in [6.07, 6.45) is 5.81. The van der Waals surface area contributed by atoms with Crippen LogP contribution < -0.4 is 10.6 Å². The molecule has 2 aliphatic rings. The standard InChI is InChI=1S/C13H22N2O3/c1-13(6-3-7-13)15-12(18)14-8-9-4-2-5-10(9)11(16)17/h9-10H,2-8H2,1H3,(H,16,17)(H2,14,15,18). The highest BCUT2D eigenvalue weighted by atomic mass is 16.4. The molecule has 0 aromatic heterocycles. The molecule has 2 aliphatic carbocycles. The van der Waals surface area contributed by atoms with Crippen LogP contribution in [0, 0.1) is 11.8 Å². The fraction of sp³-hybridized carbons (Fsp3) is 0.846. The van der Waals surface area contributed by atoms with Crippen molar-refractivity contribution in [1.29, 1.82) is 0 Å². The zero-order chi connectivity index (χ0) is 13.2. The number of carboxylic acids is 1. The maximum atomic E-state index is 11.7. The second kappa shape index (κ2) is 5.16. The first-order valence-electron chi connectivity index (χ1n) is 6.79. The molecular weight excluding hydrogens is 232 g/mol. The molecule has 18 heavy (non-hydrogen) atoms. The molecular formula is C13H22N2O3. The Hall–Kier alpha value is -1.26. The number of urea groups is 1. The minimum atomic E-state index is -0.731. The Labute approximate surface area is 107 Å². The fourth-order valence-electron chi connectivity index (χ4n) is 2.98. The van der Waals surface area contributed by atoms with Crippen molar-refractivity contribution in [1.82, 2.24) is 10.6 Å². The molecule has 0 saturated heterocycles. The minimum Gasteiger partial charge on any atom is -0.481 e.